The summed E-state index contributed by atoms with van der Waals surface area (Å²) < 4.78 is 0.677. The molecule has 2 N–H and O–H groups in total. The van der Waals surface area contributed by atoms with Crippen LogP contribution in [0, 0.1) is 6.92 Å². The summed E-state index contributed by atoms with van der Waals surface area (Å²) in [7, 11) is 0. The number of carboxylic acids is 1. The lowest BCUT2D eigenvalue weighted by Gasteiger charge is -2.09. The molecular formula is C12H9BrO3. The zero-order chi connectivity index (χ0) is 11.9. The van der Waals surface area contributed by atoms with Crippen LogP contribution in [0.15, 0.2) is 28.7 Å². The van der Waals surface area contributed by atoms with Crippen LogP contribution in [0.5, 0.6) is 5.75 Å². The molecule has 0 heterocycles. The highest BCUT2D eigenvalue weighted by Crippen LogP contribution is 2.36. The normalized spacial score (nSPS) is 10.6. The van der Waals surface area contributed by atoms with Crippen LogP contribution in [-0.2, 0) is 0 Å². The van der Waals surface area contributed by atoms with Gasteiger partial charge in [0.15, 0.2) is 0 Å². The average molecular weight is 281 g/mol. The summed E-state index contributed by atoms with van der Waals surface area (Å²) in [5, 5.41) is 20.2. The fourth-order valence-corrected chi connectivity index (χ4v) is 2.51. The fourth-order valence-electron chi connectivity index (χ4n) is 1.76. The van der Waals surface area contributed by atoms with E-state index in [4.69, 9.17) is 5.11 Å². The van der Waals surface area contributed by atoms with Crippen LogP contribution >= 0.6 is 15.9 Å². The van der Waals surface area contributed by atoms with Gasteiger partial charge in [0.2, 0.25) is 0 Å². The highest BCUT2D eigenvalue weighted by atomic mass is 79.9. The van der Waals surface area contributed by atoms with Gasteiger partial charge in [0.25, 0.3) is 0 Å². The Bertz CT molecular complexity index is 590. The number of aromatic hydroxyl groups is 1. The standard InChI is InChI=1S/C12H9BrO3/c1-6-3-2-4-7-10(6)9(13)5-8(11(7)14)12(15)16/h2-5,14H,1H3,(H,15,16). The van der Waals surface area contributed by atoms with Gasteiger partial charge in [-0.3, -0.25) is 0 Å². The predicted octanol–water partition coefficient (Wildman–Crippen LogP) is 3.31. The van der Waals surface area contributed by atoms with Crippen LogP contribution in [-0.4, -0.2) is 16.2 Å². The first kappa shape index (κ1) is 11.0. The molecule has 2 rings (SSSR count). The quantitative estimate of drug-likeness (QED) is 0.843. The van der Waals surface area contributed by atoms with E-state index in [1.54, 1.807) is 12.1 Å². The van der Waals surface area contributed by atoms with E-state index in [0.717, 1.165) is 10.9 Å². The minimum absolute atomic E-state index is 0.0926. The summed E-state index contributed by atoms with van der Waals surface area (Å²) in [6.45, 7) is 1.91. The molecule has 0 fully saturated rings. The third-order valence-corrected chi connectivity index (χ3v) is 3.15. The first-order chi connectivity index (χ1) is 7.52. The number of benzene rings is 2. The highest BCUT2D eigenvalue weighted by Gasteiger charge is 2.15. The number of hydrogen-bond acceptors (Lipinski definition) is 2. The molecular weight excluding hydrogens is 272 g/mol. The van der Waals surface area contributed by atoms with E-state index in [1.807, 2.05) is 13.0 Å². The highest BCUT2D eigenvalue weighted by molar-refractivity contribution is 9.10. The van der Waals surface area contributed by atoms with Gasteiger partial charge in [-0.15, -0.1) is 0 Å². The van der Waals surface area contributed by atoms with Crippen molar-refractivity contribution in [2.24, 2.45) is 0 Å². The third-order valence-electron chi connectivity index (χ3n) is 2.52. The fraction of sp³-hybridized carbons (Fsp3) is 0.0833. The minimum Gasteiger partial charge on any atom is -0.506 e. The van der Waals surface area contributed by atoms with Crippen LogP contribution in [0.2, 0.25) is 0 Å². The number of carboxylic acid groups (broad SMARTS) is 1. The molecule has 0 atom stereocenters. The summed E-state index contributed by atoms with van der Waals surface area (Å²) in [4.78, 5) is 10.9. The lowest BCUT2D eigenvalue weighted by Crippen LogP contribution is -1.98. The number of carbonyl (C=O) groups is 1. The van der Waals surface area contributed by atoms with E-state index < -0.39 is 5.97 Å². The third kappa shape index (κ3) is 1.55. The lowest BCUT2D eigenvalue weighted by molar-refractivity contribution is 0.0694. The molecule has 0 bridgehead atoms. The number of fused-ring (bicyclic) bond motifs is 1. The van der Waals surface area contributed by atoms with Crippen LogP contribution in [0.4, 0.5) is 0 Å². The topological polar surface area (TPSA) is 57.5 Å². The molecule has 82 valence electrons. The number of aryl methyl sites for hydroxylation is 1. The Kier molecular flexibility index (Phi) is 2.59. The predicted molar refractivity (Wildman–Crippen MR) is 65.0 cm³/mol. The second kappa shape index (κ2) is 3.79. The summed E-state index contributed by atoms with van der Waals surface area (Å²) in [6.07, 6.45) is 0. The van der Waals surface area contributed by atoms with Crippen molar-refractivity contribution in [3.05, 3.63) is 39.9 Å². The molecule has 0 aliphatic rings. The van der Waals surface area contributed by atoms with Crippen molar-refractivity contribution < 1.29 is 15.0 Å². The molecule has 0 unspecified atom stereocenters. The Labute approximate surface area is 100 Å². The van der Waals surface area contributed by atoms with Crippen LogP contribution < -0.4 is 0 Å². The number of phenols is 1. The van der Waals surface area contributed by atoms with Crippen LogP contribution in [0.1, 0.15) is 15.9 Å². The Morgan fingerprint density at radius 3 is 2.69 bits per heavy atom. The molecule has 0 aliphatic heterocycles. The molecule has 0 spiro atoms. The van der Waals surface area contributed by atoms with Crippen LogP contribution in [0.25, 0.3) is 10.8 Å². The van der Waals surface area contributed by atoms with E-state index >= 15 is 0 Å². The van der Waals surface area contributed by atoms with Gasteiger partial charge in [-0.25, -0.2) is 4.79 Å². The Morgan fingerprint density at radius 2 is 2.06 bits per heavy atom. The van der Waals surface area contributed by atoms with Gasteiger partial charge in [0.05, 0.1) is 0 Å². The van der Waals surface area contributed by atoms with Gasteiger partial charge in [-0.2, -0.15) is 0 Å². The monoisotopic (exact) mass is 280 g/mol. The van der Waals surface area contributed by atoms with Gasteiger partial charge in [-0.05, 0) is 18.6 Å². The summed E-state index contributed by atoms with van der Waals surface area (Å²) >= 11 is 3.33. The van der Waals surface area contributed by atoms with E-state index in [1.165, 1.54) is 6.07 Å². The Morgan fingerprint density at radius 1 is 1.38 bits per heavy atom. The van der Waals surface area contributed by atoms with Gasteiger partial charge >= 0.3 is 5.97 Å². The number of hydrogen-bond donors (Lipinski definition) is 2. The molecule has 4 heteroatoms. The van der Waals surface area contributed by atoms with Crippen molar-refractivity contribution in [2.45, 2.75) is 6.92 Å². The molecule has 0 aromatic heterocycles. The maximum atomic E-state index is 10.9. The van der Waals surface area contributed by atoms with E-state index in [2.05, 4.69) is 15.9 Å². The molecule has 0 saturated heterocycles. The molecule has 2 aromatic carbocycles. The average Bonchev–Trinajstić information content (AvgIpc) is 2.22. The van der Waals surface area contributed by atoms with Gasteiger partial charge in [-0.1, -0.05) is 34.1 Å². The summed E-state index contributed by atoms with van der Waals surface area (Å²) in [6, 6.07) is 6.82. The molecule has 3 nitrogen and oxygen atoms in total. The van der Waals surface area contributed by atoms with Crippen molar-refractivity contribution in [1.82, 2.24) is 0 Å². The van der Waals surface area contributed by atoms with Crippen molar-refractivity contribution >= 4 is 32.7 Å². The lowest BCUT2D eigenvalue weighted by atomic mass is 10.0. The van der Waals surface area contributed by atoms with E-state index in [0.29, 0.717) is 9.86 Å². The number of halogens is 1. The zero-order valence-electron chi connectivity index (χ0n) is 8.49. The largest absolute Gasteiger partial charge is 0.506 e. The first-order valence-electron chi connectivity index (χ1n) is 4.66. The zero-order valence-corrected chi connectivity index (χ0v) is 10.1. The maximum absolute atomic E-state index is 10.9. The molecule has 0 radical (unpaired) electrons. The van der Waals surface area contributed by atoms with Gasteiger partial charge in [0.1, 0.15) is 11.3 Å². The van der Waals surface area contributed by atoms with Gasteiger partial charge < -0.3 is 10.2 Å². The molecule has 2 aromatic rings. The Balaban J connectivity index is 2.96. The first-order valence-corrected chi connectivity index (χ1v) is 5.45. The van der Waals surface area contributed by atoms with Crippen molar-refractivity contribution in [3.8, 4) is 5.75 Å². The van der Waals surface area contributed by atoms with E-state index in [-0.39, 0.29) is 11.3 Å². The number of aromatic carboxylic acids is 1. The SMILES string of the molecule is Cc1cccc2c(O)c(C(=O)O)cc(Br)c12. The van der Waals surface area contributed by atoms with E-state index in [9.17, 15) is 9.90 Å². The second-order valence-electron chi connectivity index (χ2n) is 3.56. The number of rotatable bonds is 1. The van der Waals surface area contributed by atoms with Gasteiger partial charge in [0, 0.05) is 15.2 Å². The minimum atomic E-state index is -1.14. The molecule has 0 saturated carbocycles. The van der Waals surface area contributed by atoms with Crippen LogP contribution in [0.3, 0.4) is 0 Å². The maximum Gasteiger partial charge on any atom is 0.339 e. The molecule has 0 aliphatic carbocycles. The Hall–Kier alpha value is -1.55. The van der Waals surface area contributed by atoms with Crippen molar-refractivity contribution in [2.75, 3.05) is 0 Å². The molecule has 0 amide bonds. The second-order valence-corrected chi connectivity index (χ2v) is 4.41. The summed E-state index contributed by atoms with van der Waals surface area (Å²) in [5.41, 5.74) is 0.890. The molecule has 16 heavy (non-hydrogen) atoms. The van der Waals surface area contributed by atoms with Crippen molar-refractivity contribution in [3.63, 3.8) is 0 Å². The summed E-state index contributed by atoms with van der Waals surface area (Å²) in [5.74, 6) is -1.32. The smallest absolute Gasteiger partial charge is 0.339 e. The van der Waals surface area contributed by atoms with Crippen molar-refractivity contribution in [1.29, 1.82) is 0 Å².